The van der Waals surface area contributed by atoms with Crippen LogP contribution in [0.15, 0.2) is 48.7 Å². The van der Waals surface area contributed by atoms with Gasteiger partial charge in [0.05, 0.1) is 15.8 Å². The van der Waals surface area contributed by atoms with E-state index in [4.69, 9.17) is 16.3 Å². The molecule has 1 aliphatic rings. The molecule has 1 unspecified atom stereocenters. The van der Waals surface area contributed by atoms with E-state index < -0.39 is 0 Å². The standard InChI is InChI=1S/C18H15ClN2O2S/c19-16-7-6-15(24-16)18(22)21-10-8-13(11-21)23-14-5-1-3-12-4-2-9-20-17(12)14/h1-7,9,13H,8,10-11H2. The summed E-state index contributed by atoms with van der Waals surface area (Å²) in [4.78, 5) is 19.4. The molecule has 24 heavy (non-hydrogen) atoms. The summed E-state index contributed by atoms with van der Waals surface area (Å²) in [6, 6.07) is 13.4. The molecule has 4 rings (SSSR count). The number of carbonyl (C=O) groups is 1. The van der Waals surface area contributed by atoms with Crippen LogP contribution in [0, 0.1) is 0 Å². The number of pyridine rings is 1. The number of ether oxygens (including phenoxy) is 1. The van der Waals surface area contributed by atoms with Gasteiger partial charge in [0.25, 0.3) is 5.91 Å². The number of likely N-dealkylation sites (tertiary alicyclic amines) is 1. The molecule has 2 aromatic heterocycles. The molecule has 3 aromatic rings. The molecule has 0 radical (unpaired) electrons. The maximum atomic E-state index is 12.5. The number of nitrogens with zero attached hydrogens (tertiary/aromatic N) is 2. The van der Waals surface area contributed by atoms with Gasteiger partial charge in [-0.15, -0.1) is 11.3 Å². The second kappa shape index (κ2) is 6.42. The number of hydrogen-bond acceptors (Lipinski definition) is 4. The fourth-order valence-electron chi connectivity index (χ4n) is 2.94. The van der Waals surface area contributed by atoms with Crippen LogP contribution >= 0.6 is 22.9 Å². The van der Waals surface area contributed by atoms with E-state index in [9.17, 15) is 4.79 Å². The highest BCUT2D eigenvalue weighted by Crippen LogP contribution is 2.28. The van der Waals surface area contributed by atoms with Crippen LogP contribution in [0.5, 0.6) is 5.75 Å². The van der Waals surface area contributed by atoms with E-state index in [2.05, 4.69) is 4.98 Å². The molecule has 1 aliphatic heterocycles. The molecule has 0 saturated carbocycles. The lowest BCUT2D eigenvalue weighted by atomic mass is 10.2. The van der Waals surface area contributed by atoms with Crippen LogP contribution in [-0.4, -0.2) is 35.0 Å². The van der Waals surface area contributed by atoms with Crippen molar-refractivity contribution in [2.24, 2.45) is 0 Å². The SMILES string of the molecule is O=C(c1ccc(Cl)s1)N1CCC(Oc2cccc3cccnc23)C1. The van der Waals surface area contributed by atoms with E-state index in [0.29, 0.717) is 22.3 Å². The molecule has 6 heteroatoms. The van der Waals surface area contributed by atoms with Crippen LogP contribution in [0.2, 0.25) is 4.34 Å². The van der Waals surface area contributed by atoms with Gasteiger partial charge in [0.15, 0.2) is 0 Å². The molecule has 1 fully saturated rings. The van der Waals surface area contributed by atoms with Crippen molar-refractivity contribution in [3.63, 3.8) is 0 Å². The predicted octanol–water partition coefficient (Wildman–Crippen LogP) is 4.24. The third kappa shape index (κ3) is 2.97. The highest BCUT2D eigenvalue weighted by Gasteiger charge is 2.29. The number of halogens is 1. The summed E-state index contributed by atoms with van der Waals surface area (Å²) in [6.07, 6.45) is 2.56. The Kier molecular flexibility index (Phi) is 4.12. The van der Waals surface area contributed by atoms with Gasteiger partial charge in [-0.1, -0.05) is 29.8 Å². The van der Waals surface area contributed by atoms with Gasteiger partial charge >= 0.3 is 0 Å². The maximum Gasteiger partial charge on any atom is 0.264 e. The highest BCUT2D eigenvalue weighted by atomic mass is 35.5. The zero-order valence-corrected chi connectivity index (χ0v) is 14.4. The first-order valence-electron chi connectivity index (χ1n) is 7.76. The van der Waals surface area contributed by atoms with Crippen molar-refractivity contribution in [1.82, 2.24) is 9.88 Å². The topological polar surface area (TPSA) is 42.4 Å². The molecule has 3 heterocycles. The molecule has 0 aliphatic carbocycles. The van der Waals surface area contributed by atoms with Gasteiger partial charge in [0, 0.05) is 24.5 Å². The lowest BCUT2D eigenvalue weighted by Crippen LogP contribution is -2.30. The third-order valence-corrected chi connectivity index (χ3v) is 5.32. The van der Waals surface area contributed by atoms with Gasteiger partial charge in [-0.25, -0.2) is 0 Å². The van der Waals surface area contributed by atoms with Crippen LogP contribution in [0.1, 0.15) is 16.1 Å². The Labute approximate surface area is 148 Å². The summed E-state index contributed by atoms with van der Waals surface area (Å²) in [5.74, 6) is 0.792. The van der Waals surface area contributed by atoms with Crippen molar-refractivity contribution >= 4 is 39.7 Å². The number of benzene rings is 1. The summed E-state index contributed by atoms with van der Waals surface area (Å²) >= 11 is 7.23. The molecule has 0 spiro atoms. The van der Waals surface area contributed by atoms with Crippen molar-refractivity contribution in [2.45, 2.75) is 12.5 Å². The molecule has 1 saturated heterocycles. The van der Waals surface area contributed by atoms with Crippen LogP contribution in [0.4, 0.5) is 0 Å². The lowest BCUT2D eigenvalue weighted by Gasteiger charge is -2.17. The van der Waals surface area contributed by atoms with Gasteiger partial charge in [-0.05, 0) is 24.3 Å². The normalized spacial score (nSPS) is 17.4. The smallest absolute Gasteiger partial charge is 0.264 e. The Morgan fingerprint density at radius 3 is 2.96 bits per heavy atom. The molecule has 0 bridgehead atoms. The summed E-state index contributed by atoms with van der Waals surface area (Å²) in [5.41, 5.74) is 0.856. The summed E-state index contributed by atoms with van der Waals surface area (Å²) in [6.45, 7) is 1.27. The van der Waals surface area contributed by atoms with E-state index in [1.165, 1.54) is 11.3 Å². The number of thiophene rings is 1. The van der Waals surface area contributed by atoms with Crippen LogP contribution in [0.25, 0.3) is 10.9 Å². The number of carbonyl (C=O) groups excluding carboxylic acids is 1. The second-order valence-corrected chi connectivity index (χ2v) is 7.43. The largest absolute Gasteiger partial charge is 0.486 e. The number of aromatic nitrogens is 1. The Hall–Kier alpha value is -2.11. The summed E-state index contributed by atoms with van der Waals surface area (Å²) < 4.78 is 6.76. The average Bonchev–Trinajstić information content (AvgIpc) is 3.24. The summed E-state index contributed by atoms with van der Waals surface area (Å²) in [5, 5.41) is 1.05. The predicted molar refractivity (Wildman–Crippen MR) is 96.0 cm³/mol. The number of hydrogen-bond donors (Lipinski definition) is 0. The van der Waals surface area contributed by atoms with Crippen LogP contribution < -0.4 is 4.74 Å². The van der Waals surface area contributed by atoms with Crippen molar-refractivity contribution in [2.75, 3.05) is 13.1 Å². The summed E-state index contributed by atoms with van der Waals surface area (Å²) in [7, 11) is 0. The molecule has 1 atom stereocenters. The fraction of sp³-hybridized carbons (Fsp3) is 0.222. The minimum Gasteiger partial charge on any atom is -0.486 e. The molecule has 4 nitrogen and oxygen atoms in total. The Morgan fingerprint density at radius 2 is 2.12 bits per heavy atom. The lowest BCUT2D eigenvalue weighted by molar-refractivity contribution is 0.0777. The van der Waals surface area contributed by atoms with Crippen molar-refractivity contribution in [1.29, 1.82) is 0 Å². The molecule has 1 amide bonds. The van der Waals surface area contributed by atoms with Gasteiger partial charge in [-0.2, -0.15) is 0 Å². The molecule has 122 valence electrons. The first-order valence-corrected chi connectivity index (χ1v) is 8.95. The Balaban J connectivity index is 1.48. The monoisotopic (exact) mass is 358 g/mol. The zero-order valence-electron chi connectivity index (χ0n) is 12.8. The quantitative estimate of drug-likeness (QED) is 0.703. The number of fused-ring (bicyclic) bond motifs is 1. The van der Waals surface area contributed by atoms with Gasteiger partial charge < -0.3 is 9.64 Å². The minimum absolute atomic E-state index is 0.0167. The highest BCUT2D eigenvalue weighted by molar-refractivity contribution is 7.17. The number of para-hydroxylation sites is 1. The van der Waals surface area contributed by atoms with Crippen molar-refractivity contribution in [3.8, 4) is 5.75 Å². The van der Waals surface area contributed by atoms with E-state index in [1.54, 1.807) is 18.3 Å². The van der Waals surface area contributed by atoms with Gasteiger partial charge in [-0.3, -0.25) is 9.78 Å². The van der Waals surface area contributed by atoms with Crippen LogP contribution in [-0.2, 0) is 0 Å². The van der Waals surface area contributed by atoms with Gasteiger partial charge in [0.2, 0.25) is 0 Å². The molecular formula is C18H15ClN2O2S. The average molecular weight is 359 g/mol. The van der Waals surface area contributed by atoms with Gasteiger partial charge in [0.1, 0.15) is 17.4 Å². The molecule has 0 N–H and O–H groups in total. The molecule has 1 aromatic carbocycles. The van der Waals surface area contributed by atoms with Crippen molar-refractivity contribution in [3.05, 3.63) is 57.9 Å². The Bertz CT molecular complexity index is 890. The van der Waals surface area contributed by atoms with E-state index in [-0.39, 0.29) is 12.0 Å². The maximum absolute atomic E-state index is 12.5. The van der Waals surface area contributed by atoms with E-state index in [0.717, 1.165) is 23.1 Å². The van der Waals surface area contributed by atoms with E-state index >= 15 is 0 Å². The Morgan fingerprint density at radius 1 is 1.25 bits per heavy atom. The minimum atomic E-state index is -0.0167. The second-order valence-electron chi connectivity index (χ2n) is 5.71. The number of amides is 1. The number of rotatable bonds is 3. The first kappa shape index (κ1) is 15.4. The third-order valence-electron chi connectivity index (χ3n) is 4.11. The molecular weight excluding hydrogens is 344 g/mol. The zero-order chi connectivity index (χ0) is 16.5. The fourth-order valence-corrected chi connectivity index (χ4v) is 3.96. The van der Waals surface area contributed by atoms with E-state index in [1.807, 2.05) is 35.2 Å². The van der Waals surface area contributed by atoms with Crippen molar-refractivity contribution < 1.29 is 9.53 Å². The van der Waals surface area contributed by atoms with Crippen LogP contribution in [0.3, 0.4) is 0 Å². The first-order chi connectivity index (χ1) is 11.7.